The summed E-state index contributed by atoms with van der Waals surface area (Å²) in [6, 6.07) is 8.37. The van der Waals surface area contributed by atoms with Gasteiger partial charge >= 0.3 is 11.9 Å². The number of ether oxygens (including phenoxy) is 2. The highest BCUT2D eigenvalue weighted by Gasteiger charge is 2.31. The molecule has 0 radical (unpaired) electrons. The molecule has 0 aliphatic rings. The molecular weight excluding hydrogens is 372 g/mol. The predicted octanol–water partition coefficient (Wildman–Crippen LogP) is 4.24. The van der Waals surface area contributed by atoms with Crippen LogP contribution in [0.1, 0.15) is 74.5 Å². The zero-order valence-electron chi connectivity index (χ0n) is 17.2. The first-order chi connectivity index (χ1) is 13.8. The first-order valence-electron chi connectivity index (χ1n) is 9.61. The zero-order chi connectivity index (χ0) is 21.6. The topological polar surface area (TPSA) is 89.9 Å². The van der Waals surface area contributed by atoms with Crippen molar-refractivity contribution >= 4 is 17.7 Å². The molecule has 2 aromatic carbocycles. The van der Waals surface area contributed by atoms with E-state index in [2.05, 4.69) is 0 Å². The van der Waals surface area contributed by atoms with Crippen molar-refractivity contribution in [3.05, 3.63) is 63.7 Å². The Morgan fingerprint density at radius 2 is 1.66 bits per heavy atom. The maximum absolute atomic E-state index is 13.2. The van der Waals surface area contributed by atoms with Gasteiger partial charge in [-0.25, -0.2) is 9.59 Å². The lowest BCUT2D eigenvalue weighted by Crippen LogP contribution is -2.20. The second-order valence-electron chi connectivity index (χ2n) is 6.69. The van der Waals surface area contributed by atoms with Gasteiger partial charge in [-0.1, -0.05) is 43.2 Å². The molecule has 29 heavy (non-hydrogen) atoms. The average molecular weight is 398 g/mol. The summed E-state index contributed by atoms with van der Waals surface area (Å²) < 4.78 is 9.86. The van der Waals surface area contributed by atoms with E-state index < -0.39 is 17.7 Å². The van der Waals surface area contributed by atoms with Gasteiger partial charge in [-0.3, -0.25) is 4.79 Å². The minimum absolute atomic E-state index is 0.0107. The van der Waals surface area contributed by atoms with Crippen molar-refractivity contribution in [2.24, 2.45) is 0 Å². The first kappa shape index (κ1) is 22.1. The summed E-state index contributed by atoms with van der Waals surface area (Å²) in [7, 11) is 1.15. The van der Waals surface area contributed by atoms with Crippen molar-refractivity contribution in [2.75, 3.05) is 13.7 Å². The Morgan fingerprint density at radius 1 is 1.00 bits per heavy atom. The number of unbranched alkanes of at least 4 members (excludes halogenated alkanes) is 1. The predicted molar refractivity (Wildman–Crippen MR) is 109 cm³/mol. The molecule has 0 heterocycles. The number of carbonyl (C=O) groups excluding carboxylic acids is 3. The molecule has 0 aliphatic carbocycles. The SMILES string of the molecule is CCCCc1cc(C(=O)c2ccc(C)cc2)c(C(=O)OCC)c(C(=O)OC)c1O. The Bertz CT molecular complexity index is 912. The maximum Gasteiger partial charge on any atom is 0.342 e. The quantitative estimate of drug-likeness (QED) is 0.528. The summed E-state index contributed by atoms with van der Waals surface area (Å²) in [5, 5.41) is 10.7. The Kier molecular flexibility index (Phi) is 7.53. The summed E-state index contributed by atoms with van der Waals surface area (Å²) in [6.07, 6.45) is 2.04. The number of hydrogen-bond donors (Lipinski definition) is 1. The number of hydrogen-bond acceptors (Lipinski definition) is 6. The van der Waals surface area contributed by atoms with Gasteiger partial charge in [0, 0.05) is 11.1 Å². The molecule has 0 unspecified atom stereocenters. The van der Waals surface area contributed by atoms with Gasteiger partial charge in [0.05, 0.1) is 19.3 Å². The second kappa shape index (κ2) is 9.87. The van der Waals surface area contributed by atoms with Gasteiger partial charge in [-0.05, 0) is 38.3 Å². The Labute approximate surface area is 170 Å². The first-order valence-corrected chi connectivity index (χ1v) is 9.61. The monoisotopic (exact) mass is 398 g/mol. The van der Waals surface area contributed by atoms with Crippen LogP contribution in [0.15, 0.2) is 30.3 Å². The van der Waals surface area contributed by atoms with Gasteiger partial charge in [0.2, 0.25) is 0 Å². The highest BCUT2D eigenvalue weighted by atomic mass is 16.5. The highest BCUT2D eigenvalue weighted by molar-refractivity contribution is 6.18. The molecule has 0 aromatic heterocycles. The third kappa shape index (κ3) is 4.83. The van der Waals surface area contributed by atoms with Crippen LogP contribution in [-0.2, 0) is 15.9 Å². The molecule has 6 heteroatoms. The van der Waals surface area contributed by atoms with Crippen molar-refractivity contribution in [3.63, 3.8) is 0 Å². The molecule has 0 saturated carbocycles. The van der Waals surface area contributed by atoms with E-state index in [0.717, 1.165) is 25.5 Å². The molecule has 2 rings (SSSR count). The van der Waals surface area contributed by atoms with E-state index in [1.54, 1.807) is 31.2 Å². The van der Waals surface area contributed by atoms with Crippen molar-refractivity contribution in [1.29, 1.82) is 0 Å². The lowest BCUT2D eigenvalue weighted by molar-refractivity contribution is 0.0499. The van der Waals surface area contributed by atoms with E-state index in [4.69, 9.17) is 9.47 Å². The fraction of sp³-hybridized carbons (Fsp3) is 0.348. The van der Waals surface area contributed by atoms with Crippen LogP contribution >= 0.6 is 0 Å². The summed E-state index contributed by atoms with van der Waals surface area (Å²) in [6.45, 7) is 5.56. The number of benzene rings is 2. The Morgan fingerprint density at radius 3 is 2.21 bits per heavy atom. The van der Waals surface area contributed by atoms with Crippen molar-refractivity contribution in [1.82, 2.24) is 0 Å². The molecule has 0 aliphatic heterocycles. The average Bonchev–Trinajstić information content (AvgIpc) is 2.72. The smallest absolute Gasteiger partial charge is 0.342 e. The van der Waals surface area contributed by atoms with Gasteiger partial charge in [-0.15, -0.1) is 0 Å². The third-order valence-electron chi connectivity index (χ3n) is 4.61. The van der Waals surface area contributed by atoms with Crippen LogP contribution in [0.5, 0.6) is 5.75 Å². The number of methoxy groups -OCH3 is 1. The van der Waals surface area contributed by atoms with Crippen LogP contribution in [0.2, 0.25) is 0 Å². The molecule has 154 valence electrons. The van der Waals surface area contributed by atoms with Crippen LogP contribution in [-0.4, -0.2) is 36.5 Å². The molecular formula is C23H26O6. The normalized spacial score (nSPS) is 10.5. The van der Waals surface area contributed by atoms with Gasteiger partial charge < -0.3 is 14.6 Å². The Balaban J connectivity index is 2.79. The van der Waals surface area contributed by atoms with Gasteiger partial charge in [-0.2, -0.15) is 0 Å². The van der Waals surface area contributed by atoms with E-state index in [9.17, 15) is 19.5 Å². The van der Waals surface area contributed by atoms with Crippen LogP contribution < -0.4 is 0 Å². The van der Waals surface area contributed by atoms with E-state index in [-0.39, 0.29) is 29.0 Å². The molecule has 0 bridgehead atoms. The summed E-state index contributed by atoms with van der Waals surface area (Å²) in [4.78, 5) is 38.4. The number of aromatic hydroxyl groups is 1. The van der Waals surface area contributed by atoms with Gasteiger partial charge in [0.25, 0.3) is 0 Å². The molecule has 0 atom stereocenters. The molecule has 0 amide bonds. The number of esters is 2. The molecule has 0 spiro atoms. The number of ketones is 1. The van der Waals surface area contributed by atoms with Crippen LogP contribution in [0.3, 0.4) is 0 Å². The van der Waals surface area contributed by atoms with Crippen LogP contribution in [0.25, 0.3) is 0 Å². The summed E-state index contributed by atoms with van der Waals surface area (Å²) >= 11 is 0. The number of aryl methyl sites for hydroxylation is 2. The van der Waals surface area contributed by atoms with E-state index in [1.165, 1.54) is 6.07 Å². The summed E-state index contributed by atoms with van der Waals surface area (Å²) in [5.41, 5.74) is 1.16. The van der Waals surface area contributed by atoms with Crippen molar-refractivity contribution < 1.29 is 29.0 Å². The minimum atomic E-state index is -0.901. The number of phenolic OH excluding ortho intramolecular Hbond substituents is 1. The number of phenols is 1. The summed E-state index contributed by atoms with van der Waals surface area (Å²) in [5.74, 6) is -2.55. The maximum atomic E-state index is 13.2. The number of rotatable bonds is 8. The standard InChI is InChI=1S/C23H26O6/c1-5-7-8-16-13-17(20(24)15-11-9-14(3)10-12-15)18(23(27)29-6-2)19(21(16)25)22(26)28-4/h9-13,25H,5-8H2,1-4H3. The number of carbonyl (C=O) groups is 3. The van der Waals surface area contributed by atoms with E-state index in [0.29, 0.717) is 17.5 Å². The van der Waals surface area contributed by atoms with Crippen LogP contribution in [0.4, 0.5) is 0 Å². The van der Waals surface area contributed by atoms with E-state index >= 15 is 0 Å². The van der Waals surface area contributed by atoms with Gasteiger partial charge in [0.1, 0.15) is 11.3 Å². The van der Waals surface area contributed by atoms with E-state index in [1.807, 2.05) is 13.8 Å². The highest BCUT2D eigenvalue weighted by Crippen LogP contribution is 2.33. The Hall–Kier alpha value is -3.15. The minimum Gasteiger partial charge on any atom is -0.507 e. The molecule has 0 saturated heterocycles. The van der Waals surface area contributed by atoms with Crippen molar-refractivity contribution in [2.45, 2.75) is 40.0 Å². The third-order valence-corrected chi connectivity index (χ3v) is 4.61. The van der Waals surface area contributed by atoms with Crippen molar-refractivity contribution in [3.8, 4) is 5.75 Å². The molecule has 1 N–H and O–H groups in total. The fourth-order valence-electron chi connectivity index (χ4n) is 3.04. The molecule has 2 aromatic rings. The molecule has 6 nitrogen and oxygen atoms in total. The largest absolute Gasteiger partial charge is 0.507 e. The lowest BCUT2D eigenvalue weighted by atomic mass is 9.89. The van der Waals surface area contributed by atoms with Crippen LogP contribution in [0, 0.1) is 6.92 Å². The molecule has 0 fully saturated rings. The van der Waals surface area contributed by atoms with Gasteiger partial charge in [0.15, 0.2) is 5.78 Å². The zero-order valence-corrected chi connectivity index (χ0v) is 17.2. The lowest BCUT2D eigenvalue weighted by Gasteiger charge is -2.17. The second-order valence-corrected chi connectivity index (χ2v) is 6.69. The fourth-order valence-corrected chi connectivity index (χ4v) is 3.04.